The molecule has 0 fully saturated rings. The topological polar surface area (TPSA) is 87.7 Å². The smallest absolute Gasteiger partial charge is 0.432 e. The van der Waals surface area contributed by atoms with Crippen molar-refractivity contribution in [2.45, 2.75) is 25.6 Å². The Hall–Kier alpha value is -3.59. The molecule has 3 aromatic carbocycles. The van der Waals surface area contributed by atoms with Crippen molar-refractivity contribution in [2.75, 3.05) is 17.2 Å². The molecule has 0 aliphatic heterocycles. The van der Waals surface area contributed by atoms with Crippen molar-refractivity contribution < 1.29 is 32.6 Å². The predicted molar refractivity (Wildman–Crippen MR) is 114 cm³/mol. The lowest BCUT2D eigenvalue weighted by Gasteiger charge is -2.29. The Morgan fingerprint density at radius 3 is 2.28 bits per heavy atom. The van der Waals surface area contributed by atoms with Gasteiger partial charge in [0.1, 0.15) is 0 Å². The van der Waals surface area contributed by atoms with Crippen molar-refractivity contribution in [3.05, 3.63) is 71.8 Å². The third-order valence-electron chi connectivity index (χ3n) is 4.88. The molecule has 0 radical (unpaired) electrons. The minimum atomic E-state index is -5.30. The van der Waals surface area contributed by atoms with Gasteiger partial charge in [0.05, 0.1) is 6.61 Å². The van der Waals surface area contributed by atoms with Crippen LogP contribution in [0.5, 0.6) is 0 Å². The number of carbonyl (C=O) groups excluding carboxylic acids is 2. The van der Waals surface area contributed by atoms with E-state index in [1.165, 1.54) is 19.9 Å². The normalized spacial score (nSPS) is 13.3. The lowest BCUT2D eigenvalue weighted by Crippen LogP contribution is -2.50. The van der Waals surface area contributed by atoms with Gasteiger partial charge >= 0.3 is 18.2 Å². The summed E-state index contributed by atoms with van der Waals surface area (Å²) < 4.78 is 45.0. The molecular formula is C23H21F3N2O4. The summed E-state index contributed by atoms with van der Waals surface area (Å²) in [6.45, 7) is 2.45. The zero-order valence-electron chi connectivity index (χ0n) is 17.3. The molecule has 3 rings (SSSR count). The van der Waals surface area contributed by atoms with E-state index >= 15 is 0 Å². The molecule has 0 saturated heterocycles. The van der Waals surface area contributed by atoms with Gasteiger partial charge in [-0.25, -0.2) is 9.59 Å². The van der Waals surface area contributed by atoms with E-state index in [9.17, 15) is 27.9 Å². The minimum absolute atomic E-state index is 0.209. The average molecular weight is 446 g/mol. The Morgan fingerprint density at radius 1 is 0.969 bits per heavy atom. The molecule has 32 heavy (non-hydrogen) atoms. The molecule has 0 aliphatic carbocycles. The number of hydrogen-bond acceptors (Lipinski definition) is 4. The van der Waals surface area contributed by atoms with Gasteiger partial charge in [-0.05, 0) is 48.4 Å². The molecule has 3 N–H and O–H groups in total. The maximum atomic E-state index is 13.5. The summed E-state index contributed by atoms with van der Waals surface area (Å²) in [5.41, 5.74) is -3.58. The Labute approximate surface area is 182 Å². The standard InChI is InChI=1S/C23H21F3N2O4/c1-3-32-20(29)22(31,23(24,25)26)17-9-11-19(14(2)12-17)28-21(30)27-18-10-8-15-6-4-5-7-16(15)13-18/h4-13,31H,3H2,1-2H3,(H2,27,28,30)/t22-/m1/s1. The number of aliphatic hydroxyl groups is 1. The third kappa shape index (κ3) is 4.52. The number of carbonyl (C=O) groups is 2. The molecular weight excluding hydrogens is 425 g/mol. The molecule has 6 nitrogen and oxygen atoms in total. The number of rotatable bonds is 5. The maximum absolute atomic E-state index is 13.5. The minimum Gasteiger partial charge on any atom is -0.463 e. The van der Waals surface area contributed by atoms with Gasteiger partial charge in [-0.2, -0.15) is 13.2 Å². The third-order valence-corrected chi connectivity index (χ3v) is 4.88. The van der Waals surface area contributed by atoms with Gasteiger partial charge < -0.3 is 20.5 Å². The van der Waals surface area contributed by atoms with E-state index < -0.39 is 29.3 Å². The van der Waals surface area contributed by atoms with Crippen LogP contribution in [-0.4, -0.2) is 29.9 Å². The fourth-order valence-electron chi connectivity index (χ4n) is 3.21. The lowest BCUT2D eigenvalue weighted by molar-refractivity contribution is -0.267. The second-order valence-electron chi connectivity index (χ2n) is 7.10. The van der Waals surface area contributed by atoms with Gasteiger partial charge in [0.2, 0.25) is 0 Å². The Kier molecular flexibility index (Phi) is 6.40. The molecule has 0 bridgehead atoms. The van der Waals surface area contributed by atoms with Crippen LogP contribution in [0.3, 0.4) is 0 Å². The summed E-state index contributed by atoms with van der Waals surface area (Å²) in [7, 11) is 0. The number of urea groups is 1. The second-order valence-corrected chi connectivity index (χ2v) is 7.10. The number of fused-ring (bicyclic) bond motifs is 1. The summed E-state index contributed by atoms with van der Waals surface area (Å²) in [6, 6.07) is 15.4. The predicted octanol–water partition coefficient (Wildman–Crippen LogP) is 5.11. The molecule has 3 aromatic rings. The SMILES string of the molecule is CCOC(=O)[C@](O)(c1ccc(NC(=O)Nc2ccc3ccccc3c2)c(C)c1)C(F)(F)F. The molecule has 0 aliphatic rings. The highest BCUT2D eigenvalue weighted by atomic mass is 19.4. The largest absolute Gasteiger partial charge is 0.463 e. The quantitative estimate of drug-likeness (QED) is 0.476. The molecule has 0 aromatic heterocycles. The Balaban J connectivity index is 1.80. The number of benzene rings is 3. The summed E-state index contributed by atoms with van der Waals surface area (Å²) in [4.78, 5) is 24.3. The molecule has 1 atom stereocenters. The monoisotopic (exact) mass is 446 g/mol. The molecule has 0 unspecified atom stereocenters. The number of anilines is 2. The molecule has 0 heterocycles. The van der Waals surface area contributed by atoms with Crippen LogP contribution in [-0.2, 0) is 15.1 Å². The number of hydrogen-bond donors (Lipinski definition) is 3. The van der Waals surface area contributed by atoms with E-state index in [0.29, 0.717) is 5.69 Å². The van der Waals surface area contributed by atoms with Crippen LogP contribution in [0.1, 0.15) is 18.1 Å². The van der Waals surface area contributed by atoms with Gasteiger partial charge in [0.15, 0.2) is 0 Å². The Morgan fingerprint density at radius 2 is 1.66 bits per heavy atom. The van der Waals surface area contributed by atoms with Crippen LogP contribution < -0.4 is 10.6 Å². The van der Waals surface area contributed by atoms with Gasteiger partial charge in [-0.3, -0.25) is 0 Å². The zero-order chi connectivity index (χ0) is 23.5. The first kappa shape index (κ1) is 23.1. The van der Waals surface area contributed by atoms with E-state index in [1.54, 1.807) is 12.1 Å². The first-order chi connectivity index (χ1) is 15.1. The number of esters is 1. The van der Waals surface area contributed by atoms with Crippen molar-refractivity contribution in [3.8, 4) is 0 Å². The van der Waals surface area contributed by atoms with Crippen molar-refractivity contribution in [3.63, 3.8) is 0 Å². The number of ether oxygens (including phenoxy) is 1. The van der Waals surface area contributed by atoms with Gasteiger partial charge in [0, 0.05) is 16.9 Å². The van der Waals surface area contributed by atoms with Crippen LogP contribution in [0.15, 0.2) is 60.7 Å². The van der Waals surface area contributed by atoms with Crippen LogP contribution in [0.2, 0.25) is 0 Å². The number of nitrogens with one attached hydrogen (secondary N) is 2. The van der Waals surface area contributed by atoms with E-state index in [1.807, 2.05) is 30.3 Å². The molecule has 0 spiro atoms. The average Bonchev–Trinajstić information content (AvgIpc) is 2.73. The highest BCUT2D eigenvalue weighted by Crippen LogP contribution is 2.41. The van der Waals surface area contributed by atoms with E-state index in [-0.39, 0.29) is 17.9 Å². The fraction of sp³-hybridized carbons (Fsp3) is 0.217. The first-order valence-electron chi connectivity index (χ1n) is 9.70. The summed E-state index contributed by atoms with van der Waals surface area (Å²) in [5, 5.41) is 17.3. The summed E-state index contributed by atoms with van der Waals surface area (Å²) in [5.74, 6) is -1.82. The maximum Gasteiger partial charge on any atom is 0.432 e. The van der Waals surface area contributed by atoms with E-state index in [4.69, 9.17) is 0 Å². The number of aryl methyl sites for hydroxylation is 1. The summed E-state index contributed by atoms with van der Waals surface area (Å²) >= 11 is 0. The number of alkyl halides is 3. The number of halogens is 3. The van der Waals surface area contributed by atoms with Gasteiger partial charge in [0.25, 0.3) is 5.60 Å². The van der Waals surface area contributed by atoms with Crippen LogP contribution in [0.4, 0.5) is 29.3 Å². The van der Waals surface area contributed by atoms with Crippen LogP contribution in [0, 0.1) is 6.92 Å². The first-order valence-corrected chi connectivity index (χ1v) is 9.70. The highest BCUT2D eigenvalue weighted by Gasteiger charge is 2.62. The summed E-state index contributed by atoms with van der Waals surface area (Å²) in [6.07, 6.45) is -5.30. The van der Waals surface area contributed by atoms with Crippen LogP contribution >= 0.6 is 0 Å². The molecule has 0 saturated carbocycles. The van der Waals surface area contributed by atoms with Crippen LogP contribution in [0.25, 0.3) is 10.8 Å². The molecule has 2 amide bonds. The van der Waals surface area contributed by atoms with Gasteiger partial charge in [-0.1, -0.05) is 42.5 Å². The van der Waals surface area contributed by atoms with Crippen molar-refractivity contribution >= 4 is 34.1 Å². The van der Waals surface area contributed by atoms with Crippen molar-refractivity contribution in [1.29, 1.82) is 0 Å². The van der Waals surface area contributed by atoms with Gasteiger partial charge in [-0.15, -0.1) is 0 Å². The van der Waals surface area contributed by atoms with Crippen molar-refractivity contribution in [2.24, 2.45) is 0 Å². The van der Waals surface area contributed by atoms with E-state index in [2.05, 4.69) is 15.4 Å². The number of amides is 2. The Bertz CT molecular complexity index is 1160. The lowest BCUT2D eigenvalue weighted by atomic mass is 9.91. The second kappa shape index (κ2) is 8.88. The van der Waals surface area contributed by atoms with Crippen molar-refractivity contribution in [1.82, 2.24) is 0 Å². The fourth-order valence-corrected chi connectivity index (χ4v) is 3.21. The van der Waals surface area contributed by atoms with E-state index in [0.717, 1.165) is 22.9 Å². The molecule has 9 heteroatoms. The molecule has 168 valence electrons. The highest BCUT2D eigenvalue weighted by molar-refractivity contribution is 6.01. The zero-order valence-corrected chi connectivity index (χ0v) is 17.3.